The third kappa shape index (κ3) is 2.23. The molecule has 94 valence electrons. The van der Waals surface area contributed by atoms with E-state index in [0.29, 0.717) is 5.69 Å². The third-order valence-electron chi connectivity index (χ3n) is 2.56. The molecule has 7 heteroatoms. The molecule has 0 aliphatic carbocycles. The number of carbonyl (C=O) groups is 1. The van der Waals surface area contributed by atoms with Gasteiger partial charge < -0.3 is 11.1 Å². The van der Waals surface area contributed by atoms with E-state index in [4.69, 9.17) is 5.73 Å². The summed E-state index contributed by atoms with van der Waals surface area (Å²) in [5, 5.41) is 12.5. The van der Waals surface area contributed by atoms with Crippen molar-refractivity contribution in [3.63, 3.8) is 0 Å². The summed E-state index contributed by atoms with van der Waals surface area (Å²) in [6.07, 6.45) is 3.43. The number of anilines is 2. The monoisotopic (exact) mass is 271 g/mol. The molecule has 0 spiro atoms. The molecule has 0 aliphatic heterocycles. The van der Waals surface area contributed by atoms with E-state index in [1.165, 1.54) is 0 Å². The number of nitrogens with two attached hydrogens (primary N) is 1. The highest BCUT2D eigenvalue weighted by atomic mass is 32.1. The first kappa shape index (κ1) is 11.5. The lowest BCUT2D eigenvalue weighted by Gasteiger charge is -2.06. The van der Waals surface area contributed by atoms with Gasteiger partial charge in [-0.1, -0.05) is 23.5 Å². The van der Waals surface area contributed by atoms with E-state index in [2.05, 4.69) is 20.5 Å². The standard InChI is InChI=1S/C12H9N5OS/c13-12-17-16-11(19-12)10(18)15-9-3-1-2-7-6-14-5-4-8(7)9/h1-6H,(H2,13,17)(H,15,18). The highest BCUT2D eigenvalue weighted by Gasteiger charge is 2.12. The van der Waals surface area contributed by atoms with Crippen LogP contribution in [-0.2, 0) is 0 Å². The van der Waals surface area contributed by atoms with Crippen molar-refractivity contribution in [1.82, 2.24) is 15.2 Å². The fourth-order valence-corrected chi connectivity index (χ4v) is 2.24. The number of carbonyl (C=O) groups excluding carboxylic acids is 1. The van der Waals surface area contributed by atoms with E-state index in [1.807, 2.05) is 24.3 Å². The zero-order chi connectivity index (χ0) is 13.2. The molecule has 0 saturated carbocycles. The minimum Gasteiger partial charge on any atom is -0.374 e. The van der Waals surface area contributed by atoms with Crippen LogP contribution in [0.4, 0.5) is 10.8 Å². The predicted molar refractivity (Wildman–Crippen MR) is 74.0 cm³/mol. The smallest absolute Gasteiger partial charge is 0.286 e. The van der Waals surface area contributed by atoms with Gasteiger partial charge in [0.15, 0.2) is 0 Å². The second-order valence-corrected chi connectivity index (χ2v) is 4.81. The highest BCUT2D eigenvalue weighted by molar-refractivity contribution is 7.17. The lowest BCUT2D eigenvalue weighted by molar-refractivity contribution is 0.102. The molecular weight excluding hydrogens is 262 g/mol. The molecule has 3 aromatic rings. The van der Waals surface area contributed by atoms with Crippen molar-refractivity contribution in [3.05, 3.63) is 41.7 Å². The van der Waals surface area contributed by atoms with Crippen molar-refractivity contribution in [2.45, 2.75) is 0 Å². The summed E-state index contributed by atoms with van der Waals surface area (Å²) in [4.78, 5) is 16.0. The number of hydrogen-bond donors (Lipinski definition) is 2. The van der Waals surface area contributed by atoms with Crippen LogP contribution >= 0.6 is 11.3 Å². The van der Waals surface area contributed by atoms with E-state index < -0.39 is 0 Å². The summed E-state index contributed by atoms with van der Waals surface area (Å²) >= 11 is 1.05. The quantitative estimate of drug-likeness (QED) is 0.742. The van der Waals surface area contributed by atoms with Crippen LogP contribution in [0.3, 0.4) is 0 Å². The Bertz CT molecular complexity index is 749. The second-order valence-electron chi connectivity index (χ2n) is 3.80. The molecule has 0 radical (unpaired) electrons. The van der Waals surface area contributed by atoms with E-state index in [0.717, 1.165) is 22.1 Å². The molecule has 1 amide bonds. The van der Waals surface area contributed by atoms with Crippen molar-refractivity contribution in [2.24, 2.45) is 0 Å². The topological polar surface area (TPSA) is 93.8 Å². The first-order valence-corrected chi connectivity index (χ1v) is 6.29. The Morgan fingerprint density at radius 3 is 2.95 bits per heavy atom. The maximum atomic E-state index is 12.0. The van der Waals surface area contributed by atoms with E-state index in [1.54, 1.807) is 12.4 Å². The number of fused-ring (bicyclic) bond motifs is 1. The largest absolute Gasteiger partial charge is 0.374 e. The van der Waals surface area contributed by atoms with Crippen LogP contribution in [0, 0.1) is 0 Å². The number of rotatable bonds is 2. The number of benzene rings is 1. The van der Waals surface area contributed by atoms with Crippen molar-refractivity contribution < 1.29 is 4.79 Å². The van der Waals surface area contributed by atoms with Crippen LogP contribution in [0.25, 0.3) is 10.8 Å². The van der Waals surface area contributed by atoms with Crippen LogP contribution < -0.4 is 11.1 Å². The minimum atomic E-state index is -0.321. The summed E-state index contributed by atoms with van der Waals surface area (Å²) in [5.41, 5.74) is 6.16. The van der Waals surface area contributed by atoms with Crippen LogP contribution in [0.5, 0.6) is 0 Å². The highest BCUT2D eigenvalue weighted by Crippen LogP contribution is 2.23. The molecule has 0 fully saturated rings. The molecule has 0 unspecified atom stereocenters. The molecule has 3 rings (SSSR count). The Morgan fingerprint density at radius 1 is 1.26 bits per heavy atom. The third-order valence-corrected chi connectivity index (χ3v) is 3.31. The van der Waals surface area contributed by atoms with Gasteiger partial charge in [0.1, 0.15) is 0 Å². The van der Waals surface area contributed by atoms with Gasteiger partial charge in [0.2, 0.25) is 10.1 Å². The van der Waals surface area contributed by atoms with Gasteiger partial charge in [-0.25, -0.2) is 0 Å². The van der Waals surface area contributed by atoms with E-state index >= 15 is 0 Å². The Hall–Kier alpha value is -2.54. The molecular formula is C12H9N5OS. The van der Waals surface area contributed by atoms with Gasteiger partial charge in [-0.05, 0) is 12.1 Å². The van der Waals surface area contributed by atoms with Crippen LogP contribution in [0.1, 0.15) is 9.80 Å². The van der Waals surface area contributed by atoms with Crippen molar-refractivity contribution >= 4 is 38.8 Å². The van der Waals surface area contributed by atoms with Crippen molar-refractivity contribution in [3.8, 4) is 0 Å². The molecule has 19 heavy (non-hydrogen) atoms. The van der Waals surface area contributed by atoms with E-state index in [-0.39, 0.29) is 16.0 Å². The fraction of sp³-hybridized carbons (Fsp3) is 0. The second kappa shape index (κ2) is 4.62. The molecule has 0 saturated heterocycles. The summed E-state index contributed by atoms with van der Waals surface area (Å²) in [7, 11) is 0. The average molecular weight is 271 g/mol. The van der Waals surface area contributed by atoms with Crippen LogP contribution in [0.15, 0.2) is 36.7 Å². The average Bonchev–Trinajstić information content (AvgIpc) is 2.86. The maximum Gasteiger partial charge on any atom is 0.286 e. The van der Waals surface area contributed by atoms with Gasteiger partial charge >= 0.3 is 0 Å². The van der Waals surface area contributed by atoms with Gasteiger partial charge in [-0.2, -0.15) is 0 Å². The number of amides is 1. The van der Waals surface area contributed by atoms with Crippen LogP contribution in [0.2, 0.25) is 0 Å². The summed E-state index contributed by atoms with van der Waals surface area (Å²) in [5.74, 6) is -0.321. The van der Waals surface area contributed by atoms with Crippen molar-refractivity contribution in [2.75, 3.05) is 11.1 Å². The number of aromatic nitrogens is 3. The molecule has 1 aromatic carbocycles. The SMILES string of the molecule is Nc1nnc(C(=O)Nc2cccc3cnccc23)s1. The van der Waals surface area contributed by atoms with Gasteiger partial charge in [0, 0.05) is 28.9 Å². The molecule has 0 bridgehead atoms. The first-order chi connectivity index (χ1) is 9.24. The number of nitrogens with one attached hydrogen (secondary N) is 1. The summed E-state index contributed by atoms with van der Waals surface area (Å²) in [6.45, 7) is 0. The van der Waals surface area contributed by atoms with Crippen molar-refractivity contribution in [1.29, 1.82) is 0 Å². The Morgan fingerprint density at radius 2 is 2.16 bits per heavy atom. The molecule has 0 atom stereocenters. The Balaban J connectivity index is 1.95. The van der Waals surface area contributed by atoms with Gasteiger partial charge in [-0.15, -0.1) is 10.2 Å². The molecule has 2 aromatic heterocycles. The van der Waals surface area contributed by atoms with Crippen LogP contribution in [-0.4, -0.2) is 21.1 Å². The van der Waals surface area contributed by atoms with E-state index in [9.17, 15) is 4.79 Å². The number of hydrogen-bond acceptors (Lipinski definition) is 6. The zero-order valence-corrected chi connectivity index (χ0v) is 10.5. The number of pyridine rings is 1. The fourth-order valence-electron chi connectivity index (χ4n) is 1.73. The Labute approximate surface area is 112 Å². The molecule has 2 heterocycles. The number of nitrogens with zero attached hydrogens (tertiary/aromatic N) is 3. The number of nitrogen functional groups attached to an aromatic ring is 1. The summed E-state index contributed by atoms with van der Waals surface area (Å²) < 4.78 is 0. The first-order valence-electron chi connectivity index (χ1n) is 5.47. The molecule has 3 N–H and O–H groups in total. The maximum absolute atomic E-state index is 12.0. The van der Waals surface area contributed by atoms with Gasteiger partial charge in [0.05, 0.1) is 0 Å². The van der Waals surface area contributed by atoms with Gasteiger partial charge in [-0.3, -0.25) is 9.78 Å². The lowest BCUT2D eigenvalue weighted by atomic mass is 10.1. The lowest BCUT2D eigenvalue weighted by Crippen LogP contribution is -2.11. The normalized spacial score (nSPS) is 10.5. The predicted octanol–water partition coefficient (Wildman–Crippen LogP) is 1.92. The molecule has 0 aliphatic rings. The molecule has 6 nitrogen and oxygen atoms in total. The van der Waals surface area contributed by atoms with Gasteiger partial charge in [0.25, 0.3) is 5.91 Å². The zero-order valence-electron chi connectivity index (χ0n) is 9.70. The Kier molecular flexibility index (Phi) is 2.81. The minimum absolute atomic E-state index is 0.239. The summed E-state index contributed by atoms with van der Waals surface area (Å²) in [6, 6.07) is 7.46.